The third-order valence-electron chi connectivity index (χ3n) is 1.15. The molecule has 0 saturated heterocycles. The van der Waals surface area contributed by atoms with Crippen LogP contribution in [0.2, 0.25) is 0 Å². The Morgan fingerprint density at radius 2 is 0.917 bits per heavy atom. The van der Waals surface area contributed by atoms with Crippen LogP contribution in [0.15, 0.2) is 0 Å². The molecule has 0 aliphatic heterocycles. The van der Waals surface area contributed by atoms with Gasteiger partial charge in [-0.1, -0.05) is 0 Å². The van der Waals surface area contributed by atoms with Crippen LogP contribution in [0.5, 0.6) is 0 Å². The van der Waals surface area contributed by atoms with Gasteiger partial charge in [-0.25, -0.2) is 0 Å². The normalized spacial score (nSPS) is 15.5. The minimum atomic E-state index is -0.356. The quantitative estimate of drug-likeness (QED) is 0.500. The van der Waals surface area contributed by atoms with Gasteiger partial charge >= 0.3 is 0 Å². The van der Waals surface area contributed by atoms with Crippen molar-refractivity contribution in [1.29, 1.82) is 0 Å². The van der Waals surface area contributed by atoms with E-state index >= 15 is 0 Å². The standard InChI is InChI=1S/C8H22O2Si2/c1-7(2,3)9-11-12-10-8(4,5)6/h11-12H2,1-6H3. The van der Waals surface area contributed by atoms with Crippen LogP contribution >= 0.6 is 0 Å². The van der Waals surface area contributed by atoms with Crippen LogP contribution in [0.4, 0.5) is 0 Å². The summed E-state index contributed by atoms with van der Waals surface area (Å²) in [7, 11) is -0.712. The van der Waals surface area contributed by atoms with Crippen LogP contribution in [0, 0.1) is 0 Å². The van der Waals surface area contributed by atoms with Crippen molar-refractivity contribution in [1.82, 2.24) is 0 Å². The molecule has 0 saturated carbocycles. The molecule has 0 aromatic rings. The van der Waals surface area contributed by atoms with Gasteiger partial charge in [-0.15, -0.1) is 0 Å². The first kappa shape index (κ1) is 12.4. The molecular formula is C8H22O2Si2. The highest BCUT2D eigenvalue weighted by Crippen LogP contribution is 2.07. The Morgan fingerprint density at radius 1 is 0.667 bits per heavy atom. The highest BCUT2D eigenvalue weighted by molar-refractivity contribution is 6.93. The Hall–Kier alpha value is 0.354. The lowest BCUT2D eigenvalue weighted by Crippen LogP contribution is -2.30. The first-order valence-electron chi connectivity index (χ1n) is 4.49. The van der Waals surface area contributed by atoms with E-state index in [1.807, 2.05) is 0 Å². The predicted molar refractivity (Wildman–Crippen MR) is 58.8 cm³/mol. The average Bonchev–Trinajstić information content (AvgIpc) is 1.76. The molecule has 74 valence electrons. The lowest BCUT2D eigenvalue weighted by molar-refractivity contribution is 0.126. The van der Waals surface area contributed by atoms with E-state index in [2.05, 4.69) is 41.5 Å². The van der Waals surface area contributed by atoms with Gasteiger partial charge in [0, 0.05) is 11.2 Å². The van der Waals surface area contributed by atoms with Gasteiger partial charge in [-0.05, 0) is 41.5 Å². The third-order valence-corrected chi connectivity index (χ3v) is 5.19. The monoisotopic (exact) mass is 206 g/mol. The second-order valence-corrected chi connectivity index (χ2v) is 8.77. The van der Waals surface area contributed by atoms with Crippen molar-refractivity contribution >= 4 is 18.6 Å². The smallest absolute Gasteiger partial charge is 0.175 e. The van der Waals surface area contributed by atoms with E-state index in [-0.39, 0.29) is 29.8 Å². The van der Waals surface area contributed by atoms with Crippen LogP contribution in [0.25, 0.3) is 0 Å². The molecule has 4 heteroatoms. The minimum Gasteiger partial charge on any atom is -0.420 e. The summed E-state index contributed by atoms with van der Waals surface area (Å²) < 4.78 is 11.4. The molecule has 0 unspecified atom stereocenters. The molecule has 0 fully saturated rings. The maximum absolute atomic E-state index is 5.70. The highest BCUT2D eigenvalue weighted by Gasteiger charge is 2.12. The molecule has 0 amide bonds. The van der Waals surface area contributed by atoms with Crippen LogP contribution in [0.1, 0.15) is 41.5 Å². The van der Waals surface area contributed by atoms with E-state index < -0.39 is 0 Å². The minimum absolute atomic E-state index is 0.0421. The second-order valence-electron chi connectivity index (χ2n) is 4.92. The molecule has 0 rings (SSSR count). The fraction of sp³-hybridized carbons (Fsp3) is 1.00. The van der Waals surface area contributed by atoms with E-state index in [1.54, 1.807) is 0 Å². The average molecular weight is 206 g/mol. The van der Waals surface area contributed by atoms with Crippen molar-refractivity contribution in [2.45, 2.75) is 52.7 Å². The molecule has 0 radical (unpaired) electrons. The van der Waals surface area contributed by atoms with Crippen molar-refractivity contribution in [3.05, 3.63) is 0 Å². The molecule has 0 atom stereocenters. The Morgan fingerprint density at radius 3 is 1.08 bits per heavy atom. The number of hydrogen-bond acceptors (Lipinski definition) is 2. The molecule has 0 aromatic heterocycles. The Kier molecular flexibility index (Phi) is 4.69. The zero-order chi connectivity index (χ0) is 9.83. The summed E-state index contributed by atoms with van der Waals surface area (Å²) in [6.45, 7) is 12.6. The molecule has 12 heavy (non-hydrogen) atoms. The van der Waals surface area contributed by atoms with Gasteiger partial charge in [-0.2, -0.15) is 0 Å². The summed E-state index contributed by atoms with van der Waals surface area (Å²) >= 11 is 0. The number of hydrogen-bond donors (Lipinski definition) is 0. The molecule has 0 N–H and O–H groups in total. The maximum atomic E-state index is 5.70. The maximum Gasteiger partial charge on any atom is 0.175 e. The largest absolute Gasteiger partial charge is 0.420 e. The van der Waals surface area contributed by atoms with Crippen molar-refractivity contribution in [2.75, 3.05) is 0 Å². The van der Waals surface area contributed by atoms with Crippen LogP contribution in [-0.2, 0) is 8.85 Å². The van der Waals surface area contributed by atoms with Gasteiger partial charge in [0.05, 0.1) is 0 Å². The van der Waals surface area contributed by atoms with Gasteiger partial charge in [0.25, 0.3) is 0 Å². The van der Waals surface area contributed by atoms with Crippen molar-refractivity contribution in [2.24, 2.45) is 0 Å². The summed E-state index contributed by atoms with van der Waals surface area (Å²) in [4.78, 5) is 0. The Balaban J connectivity index is 3.35. The van der Waals surface area contributed by atoms with E-state index in [1.165, 1.54) is 0 Å². The molecule has 2 nitrogen and oxygen atoms in total. The zero-order valence-electron chi connectivity index (χ0n) is 9.23. The zero-order valence-corrected chi connectivity index (χ0v) is 12.1. The van der Waals surface area contributed by atoms with Gasteiger partial charge < -0.3 is 8.85 Å². The molecule has 0 spiro atoms. The summed E-state index contributed by atoms with van der Waals surface area (Å²) in [5, 5.41) is 0. The van der Waals surface area contributed by atoms with Gasteiger partial charge in [0.15, 0.2) is 18.6 Å². The SMILES string of the molecule is CC(C)(C)O[SiH2][SiH2]OC(C)(C)C. The summed E-state index contributed by atoms with van der Waals surface area (Å²) in [6, 6.07) is 0. The molecule has 0 bridgehead atoms. The fourth-order valence-corrected chi connectivity index (χ4v) is 6.26. The molecule has 0 aromatic carbocycles. The van der Waals surface area contributed by atoms with Crippen LogP contribution in [0.3, 0.4) is 0 Å². The van der Waals surface area contributed by atoms with Gasteiger partial charge in [-0.3, -0.25) is 0 Å². The van der Waals surface area contributed by atoms with Crippen molar-refractivity contribution < 1.29 is 8.85 Å². The highest BCUT2D eigenvalue weighted by atomic mass is 29.2. The van der Waals surface area contributed by atoms with Crippen LogP contribution in [-0.4, -0.2) is 29.8 Å². The molecule has 0 heterocycles. The van der Waals surface area contributed by atoms with Crippen LogP contribution < -0.4 is 0 Å². The summed E-state index contributed by atoms with van der Waals surface area (Å²) in [5.74, 6) is 0. The van der Waals surface area contributed by atoms with E-state index in [9.17, 15) is 0 Å². The Bertz CT molecular complexity index is 108. The van der Waals surface area contributed by atoms with E-state index in [0.717, 1.165) is 0 Å². The second kappa shape index (κ2) is 4.55. The Labute approximate surface area is 80.7 Å². The van der Waals surface area contributed by atoms with Gasteiger partial charge in [0.1, 0.15) is 0 Å². The predicted octanol–water partition coefficient (Wildman–Crippen LogP) is 0.699. The summed E-state index contributed by atoms with van der Waals surface area (Å²) in [5.41, 5.74) is 0.0843. The van der Waals surface area contributed by atoms with Crippen molar-refractivity contribution in [3.63, 3.8) is 0 Å². The van der Waals surface area contributed by atoms with E-state index in [4.69, 9.17) is 8.85 Å². The van der Waals surface area contributed by atoms with Crippen molar-refractivity contribution in [3.8, 4) is 0 Å². The van der Waals surface area contributed by atoms with E-state index in [0.29, 0.717) is 0 Å². The first-order chi connectivity index (χ1) is 5.21. The lowest BCUT2D eigenvalue weighted by atomic mass is 10.2. The topological polar surface area (TPSA) is 18.5 Å². The number of rotatable bonds is 3. The first-order valence-corrected chi connectivity index (χ1v) is 9.64. The molecule has 0 aliphatic rings. The summed E-state index contributed by atoms with van der Waals surface area (Å²) in [6.07, 6.45) is 0. The van der Waals surface area contributed by atoms with Gasteiger partial charge in [0.2, 0.25) is 0 Å². The third kappa shape index (κ3) is 10.4. The fourth-order valence-electron chi connectivity index (χ4n) is 0.696. The lowest BCUT2D eigenvalue weighted by Gasteiger charge is -2.23. The molecular weight excluding hydrogens is 184 g/mol. The molecule has 0 aliphatic carbocycles.